The van der Waals surface area contributed by atoms with Crippen LogP contribution in [-0.2, 0) is 0 Å². The van der Waals surface area contributed by atoms with E-state index in [1.807, 2.05) is 0 Å². The Morgan fingerprint density at radius 3 is 2.67 bits per heavy atom. The van der Waals surface area contributed by atoms with E-state index in [0.29, 0.717) is 18.3 Å². The minimum absolute atomic E-state index is 0. The second-order valence-electron chi connectivity index (χ2n) is 3.87. The van der Waals surface area contributed by atoms with E-state index in [1.54, 1.807) is 0 Å². The summed E-state index contributed by atoms with van der Waals surface area (Å²) in [5.41, 5.74) is 5.69. The Kier molecular flexibility index (Phi) is 4.35. The Labute approximate surface area is 93.8 Å². The highest BCUT2D eigenvalue weighted by atomic mass is 35.5. The molecule has 1 aromatic heterocycles. The average molecular weight is 234 g/mol. The molecule has 1 atom stereocenters. The van der Waals surface area contributed by atoms with Crippen molar-refractivity contribution >= 4 is 12.4 Å². The molecular weight excluding hydrogens is 218 g/mol. The number of hydrogen-bond acceptors (Lipinski definition) is 4. The second-order valence-corrected chi connectivity index (χ2v) is 3.87. The molecule has 1 saturated carbocycles. The van der Waals surface area contributed by atoms with Crippen LogP contribution < -0.4 is 11.5 Å². The van der Waals surface area contributed by atoms with E-state index >= 15 is 0 Å². The topological polar surface area (TPSA) is 84.9 Å². The van der Waals surface area contributed by atoms with Crippen LogP contribution in [0.15, 0.2) is 9.32 Å². The van der Waals surface area contributed by atoms with Crippen molar-refractivity contribution < 1.29 is 4.52 Å². The van der Waals surface area contributed by atoms with Gasteiger partial charge in [-0.1, -0.05) is 18.0 Å². The van der Waals surface area contributed by atoms with Crippen molar-refractivity contribution in [2.24, 2.45) is 11.7 Å². The molecule has 1 heterocycles. The lowest BCUT2D eigenvalue weighted by molar-refractivity contribution is 0.360. The Morgan fingerprint density at radius 2 is 2.20 bits per heavy atom. The van der Waals surface area contributed by atoms with Crippen molar-refractivity contribution in [1.29, 1.82) is 0 Å². The quantitative estimate of drug-likeness (QED) is 0.816. The van der Waals surface area contributed by atoms with Gasteiger partial charge >= 0.3 is 5.76 Å². The summed E-state index contributed by atoms with van der Waals surface area (Å²) in [6, 6.07) is 0. The van der Waals surface area contributed by atoms with Crippen molar-refractivity contribution in [2.75, 3.05) is 6.54 Å². The summed E-state index contributed by atoms with van der Waals surface area (Å²) in [5.74, 6) is 0.838. The zero-order chi connectivity index (χ0) is 9.97. The Morgan fingerprint density at radius 1 is 1.53 bits per heavy atom. The third-order valence-corrected chi connectivity index (χ3v) is 3.03. The normalized spacial score (nSPS) is 18.7. The van der Waals surface area contributed by atoms with Crippen LogP contribution in [0.2, 0.25) is 0 Å². The summed E-state index contributed by atoms with van der Waals surface area (Å²) >= 11 is 0. The lowest BCUT2D eigenvalue weighted by Gasteiger charge is -2.17. The number of H-pyrrole nitrogens is 1. The number of nitrogens with one attached hydrogen (secondary N) is 1. The van der Waals surface area contributed by atoms with Gasteiger partial charge < -0.3 is 5.73 Å². The SMILES string of the molecule is Cl.NCC(c1noc(=O)[nH]1)C1CCCC1. The molecule has 0 spiro atoms. The zero-order valence-electron chi connectivity index (χ0n) is 8.44. The van der Waals surface area contributed by atoms with Crippen LogP contribution in [0, 0.1) is 5.92 Å². The van der Waals surface area contributed by atoms with Crippen LogP contribution >= 0.6 is 12.4 Å². The highest BCUT2D eigenvalue weighted by molar-refractivity contribution is 5.85. The molecule has 0 radical (unpaired) electrons. The number of nitrogens with two attached hydrogens (primary N) is 1. The molecule has 3 N–H and O–H groups in total. The minimum atomic E-state index is -0.489. The van der Waals surface area contributed by atoms with Gasteiger partial charge in [0.15, 0.2) is 5.82 Å². The van der Waals surface area contributed by atoms with Gasteiger partial charge in [0, 0.05) is 12.5 Å². The molecule has 1 aliphatic rings. The summed E-state index contributed by atoms with van der Waals surface area (Å²) in [6.45, 7) is 0.521. The highest BCUT2D eigenvalue weighted by Gasteiger charge is 2.27. The molecule has 1 aromatic rings. The van der Waals surface area contributed by atoms with Crippen LogP contribution in [0.3, 0.4) is 0 Å². The maximum atomic E-state index is 10.8. The first-order valence-electron chi connectivity index (χ1n) is 5.07. The van der Waals surface area contributed by atoms with Crippen molar-refractivity contribution in [1.82, 2.24) is 10.1 Å². The van der Waals surface area contributed by atoms with Gasteiger partial charge in [-0.2, -0.15) is 0 Å². The maximum Gasteiger partial charge on any atom is 0.438 e. The van der Waals surface area contributed by atoms with Crippen LogP contribution in [0.1, 0.15) is 37.4 Å². The number of hydrogen-bond donors (Lipinski definition) is 2. The highest BCUT2D eigenvalue weighted by Crippen LogP contribution is 2.34. The Balaban J connectivity index is 0.00000112. The molecule has 86 valence electrons. The van der Waals surface area contributed by atoms with Gasteiger partial charge in [-0.05, 0) is 18.8 Å². The number of halogens is 1. The van der Waals surface area contributed by atoms with Crippen LogP contribution in [0.25, 0.3) is 0 Å². The standard InChI is InChI=1S/C9H15N3O2.ClH/c10-5-7(6-3-1-2-4-6)8-11-9(13)14-12-8;/h6-7H,1-5,10H2,(H,11,12,13);1H. The van der Waals surface area contributed by atoms with E-state index in [2.05, 4.69) is 14.7 Å². The first-order chi connectivity index (χ1) is 6.81. The van der Waals surface area contributed by atoms with Crippen molar-refractivity contribution in [3.8, 4) is 0 Å². The summed E-state index contributed by atoms with van der Waals surface area (Å²) in [7, 11) is 0. The fourth-order valence-electron chi connectivity index (χ4n) is 2.29. The number of aromatic amines is 1. The van der Waals surface area contributed by atoms with Crippen LogP contribution in [0.5, 0.6) is 0 Å². The molecule has 15 heavy (non-hydrogen) atoms. The fraction of sp³-hybridized carbons (Fsp3) is 0.778. The molecule has 0 amide bonds. The molecular formula is C9H16ClN3O2. The van der Waals surface area contributed by atoms with Gasteiger partial charge in [-0.3, -0.25) is 9.51 Å². The first kappa shape index (κ1) is 12.3. The van der Waals surface area contributed by atoms with E-state index in [9.17, 15) is 4.79 Å². The Bertz CT molecular complexity index is 343. The molecule has 5 nitrogen and oxygen atoms in total. The second kappa shape index (κ2) is 5.32. The number of rotatable bonds is 3. The molecule has 1 unspecified atom stereocenters. The molecule has 0 bridgehead atoms. The monoisotopic (exact) mass is 233 g/mol. The predicted octanol–water partition coefficient (Wildman–Crippen LogP) is 1.02. The summed E-state index contributed by atoms with van der Waals surface area (Å²) < 4.78 is 4.49. The van der Waals surface area contributed by atoms with Crippen LogP contribution in [-0.4, -0.2) is 16.7 Å². The van der Waals surface area contributed by atoms with Gasteiger partial charge in [-0.25, -0.2) is 4.79 Å². The van der Waals surface area contributed by atoms with Crippen molar-refractivity contribution in [3.05, 3.63) is 16.4 Å². The molecule has 6 heteroatoms. The van der Waals surface area contributed by atoms with Gasteiger partial charge in [0.2, 0.25) is 0 Å². The minimum Gasteiger partial charge on any atom is -0.330 e. The van der Waals surface area contributed by atoms with E-state index < -0.39 is 5.76 Å². The largest absolute Gasteiger partial charge is 0.438 e. The van der Waals surface area contributed by atoms with Gasteiger partial charge in [0.1, 0.15) is 0 Å². The maximum absolute atomic E-state index is 10.8. The van der Waals surface area contributed by atoms with Gasteiger partial charge in [0.25, 0.3) is 0 Å². The summed E-state index contributed by atoms with van der Waals surface area (Å²) in [5, 5.41) is 3.71. The van der Waals surface area contributed by atoms with Gasteiger partial charge in [0.05, 0.1) is 0 Å². The van der Waals surface area contributed by atoms with Crippen LogP contribution in [0.4, 0.5) is 0 Å². The van der Waals surface area contributed by atoms with E-state index in [-0.39, 0.29) is 18.3 Å². The third kappa shape index (κ3) is 2.60. The predicted molar refractivity (Wildman–Crippen MR) is 58.1 cm³/mol. The first-order valence-corrected chi connectivity index (χ1v) is 5.07. The molecule has 0 saturated heterocycles. The molecule has 0 aromatic carbocycles. The van der Waals surface area contributed by atoms with Gasteiger partial charge in [-0.15, -0.1) is 12.4 Å². The number of nitrogens with zero attached hydrogens (tertiary/aromatic N) is 1. The molecule has 2 rings (SSSR count). The third-order valence-electron chi connectivity index (χ3n) is 3.03. The Hall–Kier alpha value is -0.810. The van der Waals surface area contributed by atoms with Crippen molar-refractivity contribution in [3.63, 3.8) is 0 Å². The average Bonchev–Trinajstić information content (AvgIpc) is 2.79. The van der Waals surface area contributed by atoms with E-state index in [4.69, 9.17) is 5.73 Å². The van der Waals surface area contributed by atoms with E-state index in [1.165, 1.54) is 25.7 Å². The smallest absolute Gasteiger partial charge is 0.330 e. The summed E-state index contributed by atoms with van der Waals surface area (Å²) in [4.78, 5) is 13.4. The molecule has 0 aliphatic heterocycles. The zero-order valence-corrected chi connectivity index (χ0v) is 9.26. The fourth-order valence-corrected chi connectivity index (χ4v) is 2.29. The summed E-state index contributed by atoms with van der Waals surface area (Å²) in [6.07, 6.45) is 4.86. The molecule has 1 fully saturated rings. The lowest BCUT2D eigenvalue weighted by atomic mass is 9.90. The van der Waals surface area contributed by atoms with E-state index in [0.717, 1.165) is 0 Å². The molecule has 1 aliphatic carbocycles. The number of aromatic nitrogens is 2. The lowest BCUT2D eigenvalue weighted by Crippen LogP contribution is -2.21. The van der Waals surface area contributed by atoms with Crippen molar-refractivity contribution in [2.45, 2.75) is 31.6 Å².